The highest BCUT2D eigenvalue weighted by Gasteiger charge is 2.62. The van der Waals surface area contributed by atoms with Gasteiger partial charge in [-0.2, -0.15) is 0 Å². The minimum atomic E-state index is -0.528. The lowest BCUT2D eigenvalue weighted by molar-refractivity contribution is -0.176. The lowest BCUT2D eigenvalue weighted by Gasteiger charge is -2.61. The highest BCUT2D eigenvalue weighted by atomic mass is 16.5. The molecule has 0 heterocycles. The number of hydrogen-bond donors (Lipinski definition) is 0. The monoisotopic (exact) mass is 374 g/mol. The molecule has 0 spiro atoms. The van der Waals surface area contributed by atoms with Crippen molar-refractivity contribution < 1.29 is 14.3 Å². The summed E-state index contributed by atoms with van der Waals surface area (Å²) in [6.07, 6.45) is 10.6. The number of rotatable bonds is 4. The summed E-state index contributed by atoms with van der Waals surface area (Å²) in [4.78, 5) is 25.1. The average Bonchev–Trinajstić information content (AvgIpc) is 2.95. The number of carbonyl (C=O) groups is 2. The molecule has 27 heavy (non-hydrogen) atoms. The van der Waals surface area contributed by atoms with Crippen LogP contribution in [-0.2, 0) is 14.3 Å². The molecule has 0 radical (unpaired) electrons. The first-order valence-corrected chi connectivity index (χ1v) is 11.4. The molecule has 0 aromatic heterocycles. The van der Waals surface area contributed by atoms with Gasteiger partial charge in [-0.1, -0.05) is 20.8 Å². The van der Waals surface area contributed by atoms with Crippen LogP contribution in [0.3, 0.4) is 0 Å². The first kappa shape index (κ1) is 19.6. The third-order valence-corrected chi connectivity index (χ3v) is 9.64. The summed E-state index contributed by atoms with van der Waals surface area (Å²) >= 11 is 0. The predicted molar refractivity (Wildman–Crippen MR) is 106 cm³/mol. The van der Waals surface area contributed by atoms with Crippen molar-refractivity contribution in [1.82, 2.24) is 0 Å². The van der Waals surface area contributed by atoms with E-state index in [2.05, 4.69) is 20.8 Å². The fourth-order valence-electron chi connectivity index (χ4n) is 7.85. The molecule has 0 aliphatic heterocycles. The fraction of sp³-hybridized carbons (Fsp3) is 0.917. The molecule has 0 bridgehead atoms. The van der Waals surface area contributed by atoms with E-state index in [1.807, 2.05) is 0 Å². The van der Waals surface area contributed by atoms with Crippen molar-refractivity contribution in [1.29, 1.82) is 0 Å². The normalized spacial score (nSPS) is 49.3. The van der Waals surface area contributed by atoms with Crippen molar-refractivity contribution in [3.8, 4) is 0 Å². The Morgan fingerprint density at radius 3 is 2.56 bits per heavy atom. The Labute approximate surface area is 165 Å². The molecule has 3 nitrogen and oxygen atoms in total. The molecule has 3 heteroatoms. The zero-order chi connectivity index (χ0) is 19.4. The van der Waals surface area contributed by atoms with Gasteiger partial charge in [-0.05, 0) is 93.8 Å². The highest BCUT2D eigenvalue weighted by molar-refractivity contribution is 5.87. The van der Waals surface area contributed by atoms with Crippen molar-refractivity contribution in [2.45, 2.75) is 97.5 Å². The maximum Gasteiger partial charge on any atom is 0.161 e. The smallest absolute Gasteiger partial charge is 0.161 e. The molecule has 4 rings (SSSR count). The van der Waals surface area contributed by atoms with E-state index in [0.29, 0.717) is 29.6 Å². The summed E-state index contributed by atoms with van der Waals surface area (Å²) in [5.41, 5.74) is -0.240. The molecule has 7 atom stereocenters. The van der Waals surface area contributed by atoms with Gasteiger partial charge in [0.25, 0.3) is 0 Å². The summed E-state index contributed by atoms with van der Waals surface area (Å²) in [7, 11) is 0. The van der Waals surface area contributed by atoms with Gasteiger partial charge in [-0.3, -0.25) is 9.59 Å². The minimum Gasteiger partial charge on any atom is -0.367 e. The molecule has 0 N–H and O–H groups in total. The second-order valence-corrected chi connectivity index (χ2v) is 10.7. The van der Waals surface area contributed by atoms with E-state index in [0.717, 1.165) is 56.8 Å². The molecular formula is C24H38O3. The molecule has 0 aromatic carbocycles. The van der Waals surface area contributed by atoms with Crippen LogP contribution in [0.25, 0.3) is 0 Å². The molecule has 152 valence electrons. The topological polar surface area (TPSA) is 43.4 Å². The average molecular weight is 375 g/mol. The Morgan fingerprint density at radius 1 is 1.07 bits per heavy atom. The highest BCUT2D eigenvalue weighted by Crippen LogP contribution is 2.66. The van der Waals surface area contributed by atoms with Crippen LogP contribution < -0.4 is 0 Å². The zero-order valence-corrected chi connectivity index (χ0v) is 17.8. The Hall–Kier alpha value is -0.700. The van der Waals surface area contributed by atoms with Crippen molar-refractivity contribution in [2.75, 3.05) is 6.61 Å². The zero-order valence-electron chi connectivity index (χ0n) is 17.8. The number of hydrogen-bond acceptors (Lipinski definition) is 3. The van der Waals surface area contributed by atoms with E-state index >= 15 is 0 Å². The quantitative estimate of drug-likeness (QED) is 0.666. The maximum atomic E-state index is 12.6. The summed E-state index contributed by atoms with van der Waals surface area (Å²) < 4.78 is 6.22. The molecule has 4 aliphatic carbocycles. The number of fused-ring (bicyclic) bond motifs is 5. The van der Waals surface area contributed by atoms with E-state index in [1.54, 1.807) is 6.92 Å². The van der Waals surface area contributed by atoms with Gasteiger partial charge in [0, 0.05) is 18.4 Å². The molecule has 4 saturated carbocycles. The van der Waals surface area contributed by atoms with E-state index in [-0.39, 0.29) is 11.2 Å². The molecule has 0 saturated heterocycles. The Balaban J connectivity index is 1.57. The second-order valence-electron chi connectivity index (χ2n) is 10.7. The van der Waals surface area contributed by atoms with Crippen LogP contribution in [0.1, 0.15) is 91.9 Å². The third-order valence-electron chi connectivity index (χ3n) is 9.64. The van der Waals surface area contributed by atoms with Crippen molar-refractivity contribution in [3.05, 3.63) is 0 Å². The maximum absolute atomic E-state index is 12.6. The van der Waals surface area contributed by atoms with E-state index in [1.165, 1.54) is 19.3 Å². The Bertz CT molecular complexity index is 627. The second kappa shape index (κ2) is 6.68. The largest absolute Gasteiger partial charge is 0.367 e. The van der Waals surface area contributed by atoms with Gasteiger partial charge in [0.2, 0.25) is 0 Å². The molecule has 4 aliphatic rings. The SMILES string of the molecule is CCCO[C@@]1(C(C)=O)CC[C@@]2(C)[C@@H](CC[C@H]3[C@H]4CCC(=O)[C@@]4(C)CC[C@@H]32)C1. The van der Waals surface area contributed by atoms with Gasteiger partial charge in [0.1, 0.15) is 11.4 Å². The summed E-state index contributed by atoms with van der Waals surface area (Å²) in [5, 5.41) is 0. The lowest BCUT2D eigenvalue weighted by atomic mass is 9.44. The molecule has 0 aromatic rings. The molecule has 4 fully saturated rings. The summed E-state index contributed by atoms with van der Waals surface area (Å²) in [6.45, 7) is 9.32. The van der Waals surface area contributed by atoms with Crippen LogP contribution in [0.2, 0.25) is 0 Å². The first-order chi connectivity index (χ1) is 12.8. The van der Waals surface area contributed by atoms with Gasteiger partial charge in [0.15, 0.2) is 5.78 Å². The molecule has 0 amide bonds. The number of ether oxygens (including phenoxy) is 1. The van der Waals surface area contributed by atoms with Crippen LogP contribution in [-0.4, -0.2) is 23.8 Å². The first-order valence-electron chi connectivity index (χ1n) is 11.4. The summed E-state index contributed by atoms with van der Waals surface area (Å²) in [5.74, 6) is 3.42. The van der Waals surface area contributed by atoms with Crippen LogP contribution in [0.4, 0.5) is 0 Å². The number of Topliss-reactive ketones (excluding diaryl/α,β-unsaturated/α-hetero) is 2. The van der Waals surface area contributed by atoms with E-state index in [4.69, 9.17) is 4.74 Å². The van der Waals surface area contributed by atoms with Crippen LogP contribution in [0.5, 0.6) is 0 Å². The minimum absolute atomic E-state index is 0.0353. The number of ketones is 2. The van der Waals surface area contributed by atoms with E-state index in [9.17, 15) is 9.59 Å². The van der Waals surface area contributed by atoms with Crippen LogP contribution in [0, 0.1) is 34.5 Å². The molecule has 0 unspecified atom stereocenters. The van der Waals surface area contributed by atoms with Gasteiger partial charge in [-0.15, -0.1) is 0 Å². The van der Waals surface area contributed by atoms with Gasteiger partial charge < -0.3 is 4.74 Å². The Kier molecular flexibility index (Phi) is 4.85. The van der Waals surface area contributed by atoms with Crippen LogP contribution in [0.15, 0.2) is 0 Å². The fourth-order valence-corrected chi connectivity index (χ4v) is 7.85. The van der Waals surface area contributed by atoms with Gasteiger partial charge in [0.05, 0.1) is 0 Å². The summed E-state index contributed by atoms with van der Waals surface area (Å²) in [6, 6.07) is 0. The van der Waals surface area contributed by atoms with Crippen molar-refractivity contribution >= 4 is 11.6 Å². The van der Waals surface area contributed by atoms with Gasteiger partial charge in [-0.25, -0.2) is 0 Å². The van der Waals surface area contributed by atoms with Crippen LogP contribution >= 0.6 is 0 Å². The van der Waals surface area contributed by atoms with Crippen molar-refractivity contribution in [2.24, 2.45) is 34.5 Å². The standard InChI is InChI=1S/C24H38O3/c1-5-14-27-24(16(2)25)13-12-22(3)17(15-24)6-7-18-19-8-9-21(26)23(19,4)11-10-20(18)22/h17-20H,5-15H2,1-4H3/t17-,18-,19+,20-,22-,23-,24-/m0/s1. The van der Waals surface area contributed by atoms with Gasteiger partial charge >= 0.3 is 0 Å². The molecular weight excluding hydrogens is 336 g/mol. The predicted octanol–water partition coefficient (Wildman–Crippen LogP) is 5.35. The van der Waals surface area contributed by atoms with Crippen molar-refractivity contribution in [3.63, 3.8) is 0 Å². The lowest BCUT2D eigenvalue weighted by Crippen LogP contribution is -2.57. The number of carbonyl (C=O) groups excluding carboxylic acids is 2. The van der Waals surface area contributed by atoms with E-state index < -0.39 is 5.60 Å². The third kappa shape index (κ3) is 2.78. The Morgan fingerprint density at radius 2 is 1.85 bits per heavy atom.